The third-order valence-corrected chi connectivity index (χ3v) is 10.7. The highest BCUT2D eigenvalue weighted by atomic mass is 35.5. The summed E-state index contributed by atoms with van der Waals surface area (Å²) in [6.07, 6.45) is 1.71. The summed E-state index contributed by atoms with van der Waals surface area (Å²) >= 11 is 16.8. The van der Waals surface area contributed by atoms with Crippen LogP contribution in [0, 0.1) is 32.9 Å². The quantitative estimate of drug-likeness (QED) is 0.0633. The normalized spacial score (nSPS) is 13.6. The van der Waals surface area contributed by atoms with Crippen LogP contribution >= 0.6 is 30.6 Å². The molecule has 1 aliphatic rings. The van der Waals surface area contributed by atoms with E-state index in [4.69, 9.17) is 45.5 Å². The molecule has 320 valence electrons. The summed E-state index contributed by atoms with van der Waals surface area (Å²) < 4.78 is 10.8. The molecule has 2 heterocycles. The van der Waals surface area contributed by atoms with Gasteiger partial charge in [0.2, 0.25) is 29.1 Å². The number of carbonyl (C=O) groups excluding carboxylic acids is 2. The molecule has 1 saturated heterocycles. The van der Waals surface area contributed by atoms with Crippen molar-refractivity contribution >= 4 is 65.4 Å². The van der Waals surface area contributed by atoms with E-state index < -0.39 is 24.0 Å². The van der Waals surface area contributed by atoms with Crippen LogP contribution in [0.25, 0.3) is 21.1 Å². The lowest BCUT2D eigenvalue weighted by atomic mass is 9.91. The number of halogens is 2. The Morgan fingerprint density at radius 2 is 1.33 bits per heavy atom. The van der Waals surface area contributed by atoms with Crippen molar-refractivity contribution in [3.8, 4) is 11.5 Å². The van der Waals surface area contributed by atoms with Crippen molar-refractivity contribution in [2.75, 3.05) is 26.4 Å². The maximum atomic E-state index is 12.5. The first-order valence-corrected chi connectivity index (χ1v) is 22.6. The Labute approximate surface area is 375 Å². The first kappa shape index (κ1) is 50.5. The smallest absolute Gasteiger partial charge is 0.247 e. The molecule has 0 aliphatic carbocycles. The van der Waals surface area contributed by atoms with Crippen LogP contribution in [0.5, 0.6) is 0 Å². The van der Waals surface area contributed by atoms with Gasteiger partial charge in [0.1, 0.15) is 0 Å². The van der Waals surface area contributed by atoms with Crippen molar-refractivity contribution in [2.45, 2.75) is 71.5 Å². The lowest BCUT2D eigenvalue weighted by molar-refractivity contribution is -0.127. The molecular weight excluding hydrogens is 852 g/mol. The Balaban J connectivity index is 0.000000275. The summed E-state index contributed by atoms with van der Waals surface area (Å²) in [6, 6.07) is 25.1. The van der Waals surface area contributed by atoms with Gasteiger partial charge in [-0.1, -0.05) is 108 Å². The summed E-state index contributed by atoms with van der Waals surface area (Å²) in [5.41, 5.74) is 5.38. The molecule has 4 aromatic carbocycles. The van der Waals surface area contributed by atoms with Gasteiger partial charge < -0.3 is 24.7 Å². The Morgan fingerprint density at radius 1 is 0.820 bits per heavy atom. The van der Waals surface area contributed by atoms with Crippen LogP contribution < -0.4 is 5.32 Å². The average molecular weight is 903 g/mol. The van der Waals surface area contributed by atoms with Gasteiger partial charge in [-0.2, -0.15) is 0 Å². The van der Waals surface area contributed by atoms with E-state index in [2.05, 4.69) is 37.0 Å². The Hall–Kier alpha value is -4.88. The number of rotatable bonds is 12. The number of nitrogens with one attached hydrogen (secondary N) is 1. The van der Waals surface area contributed by atoms with E-state index in [-0.39, 0.29) is 24.7 Å². The zero-order chi connectivity index (χ0) is 44.9. The zero-order valence-corrected chi connectivity index (χ0v) is 38.0. The van der Waals surface area contributed by atoms with Gasteiger partial charge in [-0.15, -0.1) is 10.2 Å². The molecule has 0 radical (unpaired) electrons. The molecule has 6 rings (SSSR count). The molecule has 1 aromatic heterocycles. The molecule has 0 bridgehead atoms. The topological polar surface area (TPSA) is 144 Å². The van der Waals surface area contributed by atoms with E-state index in [0.29, 0.717) is 50.7 Å². The van der Waals surface area contributed by atoms with Crippen molar-refractivity contribution in [2.24, 2.45) is 5.92 Å². The Morgan fingerprint density at radius 3 is 1.79 bits per heavy atom. The van der Waals surface area contributed by atoms with E-state index in [1.807, 2.05) is 56.1 Å². The first-order valence-electron chi connectivity index (χ1n) is 19.5. The number of hydrogen-bond donors (Lipinski definition) is 3. The maximum Gasteiger partial charge on any atom is 0.247 e. The fourth-order valence-electron chi connectivity index (χ4n) is 6.07. The van der Waals surface area contributed by atoms with Crippen LogP contribution in [0.2, 0.25) is 10.0 Å². The molecule has 1 amide bonds. The van der Waals surface area contributed by atoms with E-state index >= 15 is 0 Å². The lowest BCUT2D eigenvalue weighted by Gasteiger charge is -2.21. The summed E-state index contributed by atoms with van der Waals surface area (Å²) in [4.78, 5) is 31.4. The highest BCUT2D eigenvalue weighted by Gasteiger charge is 2.27. The Bertz CT molecular complexity index is 2270. The fourth-order valence-corrected chi connectivity index (χ4v) is 6.53. The van der Waals surface area contributed by atoms with Crippen molar-refractivity contribution < 1.29 is 29.0 Å². The first-order chi connectivity index (χ1) is 29.3. The number of nitrogens with zero attached hydrogens (tertiary/aromatic N) is 4. The van der Waals surface area contributed by atoms with E-state index in [0.717, 1.165) is 42.8 Å². The largest absolute Gasteiger partial charge is 0.420 e. The molecule has 0 unspecified atom stereocenters. The van der Waals surface area contributed by atoms with E-state index in [9.17, 15) is 19.8 Å². The molecule has 1 aliphatic heterocycles. The minimum Gasteiger partial charge on any atom is -0.420 e. The number of ketones is 1. The number of amides is 1. The minimum absolute atomic E-state index is 0.136. The number of aliphatic hydroxyl groups is 2. The van der Waals surface area contributed by atoms with Gasteiger partial charge in [-0.05, 0) is 102 Å². The molecule has 61 heavy (non-hydrogen) atoms. The van der Waals surface area contributed by atoms with Crippen LogP contribution in [0.3, 0.4) is 0 Å². The number of benzene rings is 4. The average Bonchev–Trinajstić information content (AvgIpc) is 4.02. The highest BCUT2D eigenvalue weighted by Crippen LogP contribution is 2.35. The zero-order valence-electron chi connectivity index (χ0n) is 34.8. The van der Waals surface area contributed by atoms with Crippen molar-refractivity contribution in [1.82, 2.24) is 15.5 Å². The van der Waals surface area contributed by atoms with Gasteiger partial charge in [-0.3, -0.25) is 9.59 Å². The van der Waals surface area contributed by atoms with Crippen molar-refractivity contribution in [3.05, 3.63) is 152 Å². The van der Waals surface area contributed by atoms with Gasteiger partial charge in [0.15, 0.2) is 5.78 Å². The standard InChI is InChI=1S/C21H21ClN2O3.C20H18ClN3O2.C4H8O.CH3PS/c1-13-16(9-10-18(23-3)20(13)22)11-17(14(2)25)21(27)24-12-19(26)15-7-5-4-6-8-15;1-12-15(9-10-17(22-3)18(12)21)11-16(13(2)25)20-24-23-19(26-20)14-7-5-4-6-8-14;1-2-4-5-3-1;1-2-3/h4-10,14,17,25H,11-12H2,1-2H3,(H,24,27);4-10,13,16,25H,11H2,1-2H3;1-4H2;1H3/t14-,17-;13-,16-;;/m11../s1. The second kappa shape index (κ2) is 26.5. The second-order valence-electron chi connectivity index (χ2n) is 14.0. The number of ether oxygens (including phenoxy) is 1. The molecule has 0 saturated carbocycles. The van der Waals surface area contributed by atoms with Gasteiger partial charge in [-0.25, -0.2) is 9.69 Å². The Kier molecular flexibility index (Phi) is 21.9. The predicted octanol–water partition coefficient (Wildman–Crippen LogP) is 10.5. The number of carbonyl (C=O) groups is 2. The number of aromatic nitrogens is 2. The summed E-state index contributed by atoms with van der Waals surface area (Å²) in [5, 5.41) is 32.0. The molecule has 4 atom stereocenters. The molecule has 0 spiro atoms. The van der Waals surface area contributed by atoms with Crippen LogP contribution in [0.1, 0.15) is 71.1 Å². The lowest BCUT2D eigenvalue weighted by Crippen LogP contribution is -2.40. The highest BCUT2D eigenvalue weighted by molar-refractivity contribution is 7.96. The summed E-state index contributed by atoms with van der Waals surface area (Å²) in [6.45, 7) is 24.9. The molecule has 11 nitrogen and oxygen atoms in total. The SMILES string of the molecule is C1CCOC1.CP=S.[C-]#[N+]c1ccc(C[C@@H](C(=O)NCC(=O)c2ccccc2)[C@@H](C)O)c(C)c1Cl.[C-]#[N+]c1ccc(C[C@@H](c2nnc(-c3ccccc3)o2)[C@@H](C)O)c(C)c1Cl. The van der Waals surface area contributed by atoms with Gasteiger partial charge >= 0.3 is 0 Å². The fraction of sp³-hybridized carbons (Fsp3) is 0.348. The third kappa shape index (κ3) is 15.5. The minimum atomic E-state index is -0.907. The number of hydrogen-bond acceptors (Lipinski definition) is 9. The van der Waals surface area contributed by atoms with Gasteiger partial charge in [0.05, 0.1) is 53.8 Å². The van der Waals surface area contributed by atoms with Crippen LogP contribution in [-0.4, -0.2) is 70.7 Å². The molecule has 1 fully saturated rings. The summed E-state index contributed by atoms with van der Waals surface area (Å²) in [7, 11) is 1.00. The van der Waals surface area contributed by atoms with E-state index in [1.54, 1.807) is 56.3 Å². The number of aliphatic hydroxyl groups excluding tert-OH is 2. The van der Waals surface area contributed by atoms with Crippen LogP contribution in [0.15, 0.2) is 89.3 Å². The van der Waals surface area contributed by atoms with Gasteiger partial charge in [0.25, 0.3) is 0 Å². The van der Waals surface area contributed by atoms with Crippen LogP contribution in [0.4, 0.5) is 11.4 Å². The molecule has 15 heteroatoms. The van der Waals surface area contributed by atoms with E-state index in [1.165, 1.54) is 19.8 Å². The van der Waals surface area contributed by atoms with Crippen LogP contribution in [-0.2, 0) is 34.2 Å². The van der Waals surface area contributed by atoms with Crippen molar-refractivity contribution in [3.63, 3.8) is 0 Å². The third-order valence-electron chi connectivity index (χ3n) is 9.70. The maximum absolute atomic E-state index is 12.5. The van der Waals surface area contributed by atoms with Gasteiger partial charge in [0, 0.05) is 24.3 Å². The molecular formula is C46H50Cl2N5O6PS. The number of Topliss-reactive ketones (excluding diaryl/α,β-unsaturated/α-hetero) is 1. The monoisotopic (exact) mass is 901 g/mol. The molecule has 5 aromatic rings. The predicted molar refractivity (Wildman–Crippen MR) is 246 cm³/mol. The second-order valence-corrected chi connectivity index (χ2v) is 16.2. The molecule has 3 N–H and O–H groups in total. The summed E-state index contributed by atoms with van der Waals surface area (Å²) in [5.74, 6) is -0.906. The van der Waals surface area contributed by atoms with Crippen molar-refractivity contribution in [1.29, 1.82) is 0 Å².